The van der Waals surface area contributed by atoms with Crippen LogP contribution in [0.1, 0.15) is 20.3 Å². The normalized spacial score (nSPS) is 8.30. The average molecular weight is 436 g/mol. The summed E-state index contributed by atoms with van der Waals surface area (Å²) in [6.07, 6.45) is 3.09. The molecule has 0 heterocycles. The summed E-state index contributed by atoms with van der Waals surface area (Å²) in [5.74, 6) is -3.88. The molecule has 0 saturated carbocycles. The Kier molecular flexibility index (Phi) is 32.1. The van der Waals surface area contributed by atoms with Crippen LogP contribution in [0.25, 0.3) is 0 Å². The summed E-state index contributed by atoms with van der Waals surface area (Å²) in [5, 5.41) is 56.7. The van der Waals surface area contributed by atoms with E-state index in [1.165, 1.54) is 6.92 Å². The summed E-state index contributed by atoms with van der Waals surface area (Å²) < 4.78 is 0. The van der Waals surface area contributed by atoms with E-state index in [9.17, 15) is 19.2 Å². The zero-order valence-corrected chi connectivity index (χ0v) is 17.2. The molecular formula is C19H32O11. The maximum atomic E-state index is 9.60. The van der Waals surface area contributed by atoms with Crippen LogP contribution < -0.4 is 0 Å². The fourth-order valence-electron chi connectivity index (χ4n) is 0.485. The maximum absolute atomic E-state index is 9.60. The van der Waals surface area contributed by atoms with Gasteiger partial charge in [0.2, 0.25) is 0 Å². The average Bonchev–Trinajstić information content (AvgIpc) is 2.71. The van der Waals surface area contributed by atoms with Crippen LogP contribution in [0.15, 0.2) is 50.1 Å². The summed E-state index contributed by atoms with van der Waals surface area (Å²) >= 11 is 0. The van der Waals surface area contributed by atoms with Gasteiger partial charge in [0, 0.05) is 29.2 Å². The Morgan fingerprint density at radius 3 is 0.900 bits per heavy atom. The number of rotatable bonds is 8. The molecule has 0 fully saturated rings. The van der Waals surface area contributed by atoms with E-state index in [4.69, 9.17) is 35.7 Å². The van der Waals surface area contributed by atoms with Gasteiger partial charge in [-0.15, -0.1) is 0 Å². The van der Waals surface area contributed by atoms with Crippen LogP contribution in [0, 0.1) is 5.41 Å². The Morgan fingerprint density at radius 2 is 0.900 bits per heavy atom. The van der Waals surface area contributed by atoms with Crippen LogP contribution in [0.5, 0.6) is 0 Å². The molecule has 0 aromatic carbocycles. The predicted molar refractivity (Wildman–Crippen MR) is 110 cm³/mol. The molecule has 0 aromatic rings. The highest BCUT2D eigenvalue weighted by Crippen LogP contribution is 2.18. The van der Waals surface area contributed by atoms with E-state index in [1.54, 1.807) is 0 Å². The van der Waals surface area contributed by atoms with Crippen molar-refractivity contribution in [2.24, 2.45) is 5.41 Å². The van der Waals surface area contributed by atoms with Gasteiger partial charge >= 0.3 is 23.9 Å². The third-order valence-electron chi connectivity index (χ3n) is 2.65. The van der Waals surface area contributed by atoms with Crippen molar-refractivity contribution in [1.29, 1.82) is 0 Å². The second-order valence-corrected chi connectivity index (χ2v) is 5.04. The van der Waals surface area contributed by atoms with E-state index in [0.717, 1.165) is 18.2 Å². The minimum Gasteiger partial charge on any atom is -0.478 e. The first-order valence-corrected chi connectivity index (χ1v) is 7.98. The van der Waals surface area contributed by atoms with Gasteiger partial charge in [0.25, 0.3) is 0 Å². The van der Waals surface area contributed by atoms with Crippen LogP contribution in [0.4, 0.5) is 0 Å². The smallest absolute Gasteiger partial charge is 0.330 e. The van der Waals surface area contributed by atoms with Crippen LogP contribution in [0.2, 0.25) is 0 Å². The molecule has 30 heavy (non-hydrogen) atoms. The number of aliphatic hydroxyl groups is 3. The molecule has 0 amide bonds. The van der Waals surface area contributed by atoms with Gasteiger partial charge in [0.1, 0.15) is 0 Å². The molecule has 0 aliphatic carbocycles. The van der Waals surface area contributed by atoms with E-state index in [2.05, 4.69) is 26.3 Å². The van der Waals surface area contributed by atoms with Crippen LogP contribution in [-0.2, 0) is 19.2 Å². The van der Waals surface area contributed by atoms with E-state index in [-0.39, 0.29) is 25.4 Å². The Bertz CT molecular complexity index is 474. The predicted octanol–water partition coefficient (Wildman–Crippen LogP) is 0.778. The van der Waals surface area contributed by atoms with E-state index in [0.29, 0.717) is 6.42 Å². The van der Waals surface area contributed by atoms with Gasteiger partial charge in [-0.3, -0.25) is 0 Å². The molecule has 7 N–H and O–H groups in total. The molecule has 174 valence electrons. The van der Waals surface area contributed by atoms with Crippen molar-refractivity contribution in [1.82, 2.24) is 0 Å². The van der Waals surface area contributed by atoms with E-state index < -0.39 is 29.3 Å². The highest BCUT2D eigenvalue weighted by Gasteiger charge is 2.24. The molecule has 11 heteroatoms. The molecule has 0 aliphatic heterocycles. The van der Waals surface area contributed by atoms with E-state index in [1.807, 2.05) is 6.92 Å². The minimum absolute atomic E-state index is 0.156. The number of carbonyl (C=O) groups is 4. The molecule has 0 spiro atoms. The number of aliphatic carboxylic acids is 4. The van der Waals surface area contributed by atoms with E-state index >= 15 is 0 Å². The van der Waals surface area contributed by atoms with Gasteiger partial charge in [-0.1, -0.05) is 33.2 Å². The lowest BCUT2D eigenvalue weighted by atomic mass is 9.88. The molecule has 11 nitrogen and oxygen atoms in total. The standard InChI is InChI=1S/C6H14O3.C4H6O2.3C3H4O2/c1-2-6(3-7,4-8)5-9;1-3(2)4(5)6;3*1-2-3(4)5/h7-9H,2-5H2,1H3;1H2,2H3,(H,5,6);3*2H,1H2,(H,4,5). The van der Waals surface area contributed by atoms with Gasteiger partial charge < -0.3 is 35.7 Å². The molecule has 0 aliphatic rings. The third-order valence-corrected chi connectivity index (χ3v) is 2.65. The van der Waals surface area contributed by atoms with Crippen LogP contribution in [0.3, 0.4) is 0 Å². The molecular weight excluding hydrogens is 404 g/mol. The lowest BCUT2D eigenvalue weighted by Crippen LogP contribution is -2.32. The zero-order valence-electron chi connectivity index (χ0n) is 17.2. The molecule has 0 unspecified atom stereocenters. The van der Waals surface area contributed by atoms with Crippen molar-refractivity contribution < 1.29 is 54.9 Å². The summed E-state index contributed by atoms with van der Waals surface area (Å²) in [6.45, 7) is 14.8. The second kappa shape index (κ2) is 25.7. The number of aliphatic hydroxyl groups excluding tert-OH is 3. The monoisotopic (exact) mass is 436 g/mol. The molecule has 0 bridgehead atoms. The maximum Gasteiger partial charge on any atom is 0.330 e. The summed E-state index contributed by atoms with van der Waals surface area (Å²) in [7, 11) is 0. The minimum atomic E-state index is -0.981. The lowest BCUT2D eigenvalue weighted by Gasteiger charge is -2.24. The molecule has 0 saturated heterocycles. The quantitative estimate of drug-likeness (QED) is 0.264. The highest BCUT2D eigenvalue weighted by molar-refractivity contribution is 5.84. The SMILES string of the molecule is C=C(C)C(=O)O.C=CC(=O)O.C=CC(=O)O.C=CC(=O)O.CCC(CO)(CO)CO. The first-order chi connectivity index (χ1) is 13.7. The fraction of sp³-hybridized carbons (Fsp3) is 0.368. The largest absolute Gasteiger partial charge is 0.478 e. The number of hydrogen-bond acceptors (Lipinski definition) is 7. The van der Waals surface area contributed by atoms with Gasteiger partial charge in [-0.05, 0) is 13.3 Å². The van der Waals surface area contributed by atoms with Crippen molar-refractivity contribution >= 4 is 23.9 Å². The van der Waals surface area contributed by atoms with Gasteiger partial charge in [-0.2, -0.15) is 0 Å². The lowest BCUT2D eigenvalue weighted by molar-refractivity contribution is -0.133. The molecule has 0 aromatic heterocycles. The molecule has 0 radical (unpaired) electrons. The Labute approximate surface area is 175 Å². The second-order valence-electron chi connectivity index (χ2n) is 5.04. The van der Waals surface area contributed by atoms with Gasteiger partial charge in [-0.25, -0.2) is 19.2 Å². The Hall–Kier alpha value is -3.28. The topological polar surface area (TPSA) is 210 Å². The van der Waals surface area contributed by atoms with Gasteiger partial charge in [0.05, 0.1) is 19.8 Å². The van der Waals surface area contributed by atoms with Crippen molar-refractivity contribution in [2.75, 3.05) is 19.8 Å². The van der Waals surface area contributed by atoms with Crippen LogP contribution in [-0.4, -0.2) is 79.4 Å². The number of carboxylic acid groups (broad SMARTS) is 4. The molecule has 0 atom stereocenters. The Balaban J connectivity index is -0.0000000891. The highest BCUT2D eigenvalue weighted by atomic mass is 16.4. The van der Waals surface area contributed by atoms with Crippen molar-refractivity contribution in [3.05, 3.63) is 50.1 Å². The van der Waals surface area contributed by atoms with Crippen molar-refractivity contribution in [2.45, 2.75) is 20.3 Å². The van der Waals surface area contributed by atoms with Crippen molar-refractivity contribution in [3.8, 4) is 0 Å². The van der Waals surface area contributed by atoms with Crippen molar-refractivity contribution in [3.63, 3.8) is 0 Å². The Morgan fingerprint density at radius 1 is 0.733 bits per heavy atom. The summed E-state index contributed by atoms with van der Waals surface area (Å²) in [4.78, 5) is 37.3. The van der Waals surface area contributed by atoms with Crippen LogP contribution >= 0.6 is 0 Å². The first-order valence-electron chi connectivity index (χ1n) is 7.98. The van der Waals surface area contributed by atoms with Gasteiger partial charge in [0.15, 0.2) is 0 Å². The zero-order chi connectivity index (χ0) is 25.3. The molecule has 0 rings (SSSR count). The fourth-order valence-corrected chi connectivity index (χ4v) is 0.485. The first kappa shape index (κ1) is 37.5. The number of hydrogen-bond donors (Lipinski definition) is 7. The third kappa shape index (κ3) is 39.7. The summed E-state index contributed by atoms with van der Waals surface area (Å²) in [6, 6.07) is 0. The number of carboxylic acids is 4. The summed E-state index contributed by atoms with van der Waals surface area (Å²) in [5.41, 5.74) is -0.491.